The Morgan fingerprint density at radius 1 is 1.10 bits per heavy atom. The zero-order chi connectivity index (χ0) is 22.3. The molecule has 8 heteroatoms. The van der Waals surface area contributed by atoms with Gasteiger partial charge in [0, 0.05) is 25.2 Å². The van der Waals surface area contributed by atoms with Gasteiger partial charge in [0.25, 0.3) is 0 Å². The third-order valence-electron chi connectivity index (χ3n) is 4.97. The van der Waals surface area contributed by atoms with Gasteiger partial charge in [-0.25, -0.2) is 8.42 Å². The molecule has 0 aliphatic carbocycles. The van der Waals surface area contributed by atoms with Crippen molar-refractivity contribution in [3.05, 3.63) is 59.7 Å². The summed E-state index contributed by atoms with van der Waals surface area (Å²) >= 11 is 0. The maximum Gasteiger partial charge on any atom is 0.243 e. The Balaban J connectivity index is 1.52. The number of amides is 1. The summed E-state index contributed by atoms with van der Waals surface area (Å²) in [6, 6.07) is 14.4. The molecule has 31 heavy (non-hydrogen) atoms. The van der Waals surface area contributed by atoms with Crippen LogP contribution in [0.5, 0.6) is 0 Å². The number of sulfonamides is 1. The second-order valence-electron chi connectivity index (χ2n) is 7.77. The predicted octanol–water partition coefficient (Wildman–Crippen LogP) is 3.20. The van der Waals surface area contributed by atoms with Gasteiger partial charge >= 0.3 is 0 Å². The first-order valence-electron chi connectivity index (χ1n) is 10.5. The Hall–Kier alpha value is -2.26. The molecule has 2 aromatic carbocycles. The van der Waals surface area contributed by atoms with E-state index in [1.54, 1.807) is 24.3 Å². The van der Waals surface area contributed by atoms with Crippen molar-refractivity contribution in [2.45, 2.75) is 44.3 Å². The number of anilines is 1. The van der Waals surface area contributed by atoms with Gasteiger partial charge in [-0.1, -0.05) is 24.3 Å². The van der Waals surface area contributed by atoms with Gasteiger partial charge < -0.3 is 14.8 Å². The second kappa shape index (κ2) is 10.9. The molecular formula is C23H30N2O5S. The van der Waals surface area contributed by atoms with Crippen molar-refractivity contribution in [2.75, 3.05) is 31.6 Å². The van der Waals surface area contributed by atoms with Crippen molar-refractivity contribution < 1.29 is 22.7 Å². The third-order valence-corrected chi connectivity index (χ3v) is 6.88. The molecule has 0 bridgehead atoms. The third kappa shape index (κ3) is 6.87. The topological polar surface area (TPSA) is 84.9 Å². The Morgan fingerprint density at radius 2 is 1.81 bits per heavy atom. The van der Waals surface area contributed by atoms with Gasteiger partial charge in [-0.15, -0.1) is 0 Å². The average Bonchev–Trinajstić information content (AvgIpc) is 2.77. The number of carbonyl (C=O) groups excluding carboxylic acids is 1. The van der Waals surface area contributed by atoms with Crippen LogP contribution in [0.2, 0.25) is 0 Å². The van der Waals surface area contributed by atoms with Gasteiger partial charge in [0.05, 0.1) is 30.8 Å². The summed E-state index contributed by atoms with van der Waals surface area (Å²) in [6.07, 6.45) is 0.982. The van der Waals surface area contributed by atoms with E-state index in [4.69, 9.17) is 9.47 Å². The Labute approximate surface area is 184 Å². The number of carbonyl (C=O) groups is 1. The number of nitrogens with zero attached hydrogens (tertiary/aromatic N) is 1. The van der Waals surface area contributed by atoms with E-state index >= 15 is 0 Å². The van der Waals surface area contributed by atoms with Crippen LogP contribution in [-0.4, -0.2) is 51.0 Å². The van der Waals surface area contributed by atoms with E-state index in [1.165, 1.54) is 4.31 Å². The molecule has 1 amide bonds. The van der Waals surface area contributed by atoms with E-state index in [0.717, 1.165) is 16.8 Å². The fraction of sp³-hybridized carbons (Fsp3) is 0.435. The number of nitrogens with one attached hydrogen (secondary N) is 1. The zero-order valence-corrected chi connectivity index (χ0v) is 18.9. The lowest BCUT2D eigenvalue weighted by Gasteiger charge is -2.26. The highest BCUT2D eigenvalue weighted by molar-refractivity contribution is 7.89. The minimum atomic E-state index is -3.50. The van der Waals surface area contributed by atoms with Crippen molar-refractivity contribution in [1.29, 1.82) is 0 Å². The molecule has 1 fully saturated rings. The highest BCUT2D eigenvalue weighted by Crippen LogP contribution is 2.19. The van der Waals surface area contributed by atoms with Crippen molar-refractivity contribution in [1.82, 2.24) is 4.31 Å². The fourth-order valence-electron chi connectivity index (χ4n) is 3.25. The van der Waals surface area contributed by atoms with Crippen LogP contribution in [0.4, 0.5) is 5.69 Å². The van der Waals surface area contributed by atoms with E-state index in [2.05, 4.69) is 5.32 Å². The standard InChI is InChI=1S/C23H30N2O5S/c1-18(2)30-17-20-4-3-5-21(16-20)24-23(26)11-8-19-6-9-22(10-7-19)31(27,28)25-12-14-29-15-13-25/h3-7,9-10,16,18H,8,11-15,17H2,1-2H3,(H,24,26). The molecule has 0 atom stereocenters. The molecule has 0 spiro atoms. The summed E-state index contributed by atoms with van der Waals surface area (Å²) in [5.74, 6) is -0.0908. The molecule has 1 aliphatic heterocycles. The molecule has 1 aliphatic rings. The highest BCUT2D eigenvalue weighted by Gasteiger charge is 2.26. The van der Waals surface area contributed by atoms with E-state index in [1.807, 2.05) is 38.1 Å². The molecule has 168 valence electrons. The number of rotatable bonds is 9. The van der Waals surface area contributed by atoms with Crippen LogP contribution in [-0.2, 0) is 37.3 Å². The van der Waals surface area contributed by atoms with Crippen LogP contribution in [0.15, 0.2) is 53.4 Å². The summed E-state index contributed by atoms with van der Waals surface area (Å²) in [5, 5.41) is 2.91. The molecule has 3 rings (SSSR count). The number of hydrogen-bond acceptors (Lipinski definition) is 5. The summed E-state index contributed by atoms with van der Waals surface area (Å²) in [6.45, 7) is 6.04. The number of benzene rings is 2. The zero-order valence-electron chi connectivity index (χ0n) is 18.0. The fourth-order valence-corrected chi connectivity index (χ4v) is 4.66. The molecule has 1 N–H and O–H groups in total. The van der Waals surface area contributed by atoms with Crippen molar-refractivity contribution >= 4 is 21.6 Å². The summed E-state index contributed by atoms with van der Waals surface area (Å²) in [4.78, 5) is 12.6. The summed E-state index contributed by atoms with van der Waals surface area (Å²) < 4.78 is 37.6. The van der Waals surface area contributed by atoms with Crippen LogP contribution in [0.25, 0.3) is 0 Å². The van der Waals surface area contributed by atoms with Crippen LogP contribution in [0, 0.1) is 0 Å². The van der Waals surface area contributed by atoms with Crippen molar-refractivity contribution in [3.8, 4) is 0 Å². The maximum absolute atomic E-state index is 12.7. The lowest BCUT2D eigenvalue weighted by molar-refractivity contribution is -0.116. The van der Waals surface area contributed by atoms with Gasteiger partial charge in [-0.2, -0.15) is 4.31 Å². The second-order valence-corrected chi connectivity index (χ2v) is 9.71. The summed E-state index contributed by atoms with van der Waals surface area (Å²) in [7, 11) is -3.50. The lowest BCUT2D eigenvalue weighted by Crippen LogP contribution is -2.40. The lowest BCUT2D eigenvalue weighted by atomic mass is 10.1. The number of hydrogen-bond donors (Lipinski definition) is 1. The maximum atomic E-state index is 12.7. The molecule has 2 aromatic rings. The van der Waals surface area contributed by atoms with E-state index in [0.29, 0.717) is 45.8 Å². The molecular weight excluding hydrogens is 416 g/mol. The smallest absolute Gasteiger partial charge is 0.243 e. The Morgan fingerprint density at radius 3 is 2.48 bits per heavy atom. The number of morpholine rings is 1. The van der Waals surface area contributed by atoms with E-state index in [-0.39, 0.29) is 16.9 Å². The molecule has 1 heterocycles. The molecule has 0 radical (unpaired) electrons. The van der Waals surface area contributed by atoms with Gasteiger partial charge in [-0.3, -0.25) is 4.79 Å². The predicted molar refractivity (Wildman–Crippen MR) is 119 cm³/mol. The van der Waals surface area contributed by atoms with E-state index in [9.17, 15) is 13.2 Å². The Bertz CT molecular complexity index is 968. The highest BCUT2D eigenvalue weighted by atomic mass is 32.2. The summed E-state index contributed by atoms with van der Waals surface area (Å²) in [5.41, 5.74) is 2.65. The van der Waals surface area contributed by atoms with Crippen LogP contribution in [0.3, 0.4) is 0 Å². The number of aryl methyl sites for hydroxylation is 1. The normalized spacial score (nSPS) is 15.2. The molecule has 0 unspecified atom stereocenters. The quantitative estimate of drug-likeness (QED) is 0.639. The largest absolute Gasteiger partial charge is 0.379 e. The first kappa shape index (κ1) is 23.4. The van der Waals surface area contributed by atoms with Crippen LogP contribution < -0.4 is 5.32 Å². The average molecular weight is 447 g/mol. The first-order chi connectivity index (χ1) is 14.8. The first-order valence-corrected chi connectivity index (χ1v) is 12.0. The minimum Gasteiger partial charge on any atom is -0.379 e. The van der Waals surface area contributed by atoms with Gasteiger partial charge in [0.1, 0.15) is 0 Å². The number of ether oxygens (including phenoxy) is 2. The Kier molecular flexibility index (Phi) is 8.20. The van der Waals surface area contributed by atoms with Gasteiger partial charge in [-0.05, 0) is 55.7 Å². The van der Waals surface area contributed by atoms with Crippen molar-refractivity contribution in [3.63, 3.8) is 0 Å². The SMILES string of the molecule is CC(C)OCc1cccc(NC(=O)CCc2ccc(S(=O)(=O)N3CCOCC3)cc2)c1. The van der Waals surface area contributed by atoms with Crippen LogP contribution in [0.1, 0.15) is 31.4 Å². The molecule has 1 saturated heterocycles. The molecule has 0 aromatic heterocycles. The molecule has 0 saturated carbocycles. The molecule has 7 nitrogen and oxygen atoms in total. The van der Waals surface area contributed by atoms with Crippen LogP contribution >= 0.6 is 0 Å². The van der Waals surface area contributed by atoms with Crippen molar-refractivity contribution in [2.24, 2.45) is 0 Å². The minimum absolute atomic E-state index is 0.0908. The van der Waals surface area contributed by atoms with Gasteiger partial charge in [0.15, 0.2) is 0 Å². The van der Waals surface area contributed by atoms with E-state index < -0.39 is 10.0 Å². The monoisotopic (exact) mass is 446 g/mol. The van der Waals surface area contributed by atoms with Gasteiger partial charge in [0.2, 0.25) is 15.9 Å².